The Kier molecular flexibility index (Phi) is 2.56. The van der Waals surface area contributed by atoms with Gasteiger partial charge in [-0.25, -0.2) is 4.79 Å². The highest BCUT2D eigenvalue weighted by molar-refractivity contribution is 5.76. The molecule has 16 heavy (non-hydrogen) atoms. The molecule has 0 unspecified atom stereocenters. The molecule has 0 bridgehead atoms. The fourth-order valence-corrected chi connectivity index (χ4v) is 2.21. The van der Waals surface area contributed by atoms with Gasteiger partial charge in [0.15, 0.2) is 0 Å². The molecule has 0 radical (unpaired) electrons. The Morgan fingerprint density at radius 3 is 2.31 bits per heavy atom. The molecule has 0 spiro atoms. The number of hydrogen-bond acceptors (Lipinski definition) is 2. The van der Waals surface area contributed by atoms with Crippen LogP contribution in [0, 0.1) is 5.41 Å². The molecule has 0 saturated heterocycles. The zero-order valence-electron chi connectivity index (χ0n) is 9.51. The summed E-state index contributed by atoms with van der Waals surface area (Å²) in [5.74, 6) is -0.893. The molecule has 0 heterocycles. The molecule has 2 aliphatic rings. The first-order chi connectivity index (χ1) is 7.47. The van der Waals surface area contributed by atoms with E-state index in [0.29, 0.717) is 0 Å². The van der Waals surface area contributed by atoms with Crippen molar-refractivity contribution in [3.8, 4) is 0 Å². The van der Waals surface area contributed by atoms with E-state index in [1.54, 1.807) is 0 Å². The van der Waals surface area contributed by atoms with Crippen LogP contribution in [0.2, 0.25) is 0 Å². The fraction of sp³-hybridized carbons (Fsp3) is 0.818. The van der Waals surface area contributed by atoms with Crippen LogP contribution in [-0.4, -0.2) is 29.2 Å². The second-order valence-corrected chi connectivity index (χ2v) is 5.17. The molecule has 2 saturated carbocycles. The summed E-state index contributed by atoms with van der Waals surface area (Å²) >= 11 is 0. The molecule has 2 rings (SSSR count). The number of carboxylic acids is 1. The third kappa shape index (κ3) is 2.13. The minimum absolute atomic E-state index is 0.000304. The van der Waals surface area contributed by atoms with E-state index in [1.807, 2.05) is 0 Å². The van der Waals surface area contributed by atoms with Gasteiger partial charge in [-0.15, -0.1) is 0 Å². The second-order valence-electron chi connectivity index (χ2n) is 5.17. The van der Waals surface area contributed by atoms with Crippen LogP contribution in [0.1, 0.15) is 39.0 Å². The highest BCUT2D eigenvalue weighted by atomic mass is 16.4. The molecule has 5 nitrogen and oxygen atoms in total. The lowest BCUT2D eigenvalue weighted by atomic mass is 9.96. The van der Waals surface area contributed by atoms with Crippen LogP contribution in [0.4, 0.5) is 4.79 Å². The SMILES string of the molecule is CC1(C2(NC(=O)NCCC(=O)O)CC2)CC1. The molecule has 0 aliphatic heterocycles. The van der Waals surface area contributed by atoms with Gasteiger partial charge in [0.25, 0.3) is 0 Å². The number of amides is 2. The highest BCUT2D eigenvalue weighted by Gasteiger charge is 2.63. The van der Waals surface area contributed by atoms with Crippen LogP contribution in [0.3, 0.4) is 0 Å². The number of urea groups is 1. The van der Waals surface area contributed by atoms with Crippen molar-refractivity contribution in [2.45, 2.75) is 44.6 Å². The number of carbonyl (C=O) groups excluding carboxylic acids is 1. The standard InChI is InChI=1S/C11H18N2O3/c1-10(3-4-10)11(5-6-11)13-9(16)12-7-2-8(14)15/h2-7H2,1H3,(H,14,15)(H2,12,13,16). The van der Waals surface area contributed by atoms with Crippen molar-refractivity contribution >= 4 is 12.0 Å². The summed E-state index contributed by atoms with van der Waals surface area (Å²) in [6, 6.07) is -0.230. The first-order valence-electron chi connectivity index (χ1n) is 5.75. The van der Waals surface area contributed by atoms with Crippen molar-refractivity contribution in [3.63, 3.8) is 0 Å². The zero-order chi connectivity index (χ0) is 11.8. The third-order valence-corrected chi connectivity index (χ3v) is 3.88. The van der Waals surface area contributed by atoms with Gasteiger partial charge in [-0.1, -0.05) is 6.92 Å². The molecule has 90 valence electrons. The highest BCUT2D eigenvalue weighted by Crippen LogP contribution is 2.63. The topological polar surface area (TPSA) is 78.4 Å². The second kappa shape index (κ2) is 3.64. The summed E-state index contributed by atoms with van der Waals surface area (Å²) in [4.78, 5) is 21.8. The number of aliphatic carboxylic acids is 1. The van der Waals surface area contributed by atoms with Gasteiger partial charge in [0, 0.05) is 12.1 Å². The summed E-state index contributed by atoms with van der Waals surface area (Å²) in [7, 11) is 0. The van der Waals surface area contributed by atoms with E-state index in [2.05, 4.69) is 17.6 Å². The van der Waals surface area contributed by atoms with Gasteiger partial charge in [-0.3, -0.25) is 4.79 Å². The summed E-state index contributed by atoms with van der Waals surface area (Å²) in [6.07, 6.45) is 4.44. The van der Waals surface area contributed by atoms with Gasteiger partial charge in [-0.05, 0) is 31.1 Å². The summed E-state index contributed by atoms with van der Waals surface area (Å²) in [6.45, 7) is 2.39. The molecular formula is C11H18N2O3. The van der Waals surface area contributed by atoms with E-state index < -0.39 is 5.97 Å². The number of nitrogens with one attached hydrogen (secondary N) is 2. The lowest BCUT2D eigenvalue weighted by Crippen LogP contribution is -2.48. The van der Waals surface area contributed by atoms with E-state index >= 15 is 0 Å². The van der Waals surface area contributed by atoms with Crippen molar-refractivity contribution in [3.05, 3.63) is 0 Å². The quantitative estimate of drug-likeness (QED) is 0.656. The lowest BCUT2D eigenvalue weighted by molar-refractivity contribution is -0.136. The normalized spacial score (nSPS) is 23.3. The van der Waals surface area contributed by atoms with E-state index in [-0.39, 0.29) is 30.0 Å². The van der Waals surface area contributed by atoms with Crippen LogP contribution >= 0.6 is 0 Å². The minimum Gasteiger partial charge on any atom is -0.481 e. The van der Waals surface area contributed by atoms with E-state index in [1.165, 1.54) is 12.8 Å². The summed E-state index contributed by atoms with van der Waals surface area (Å²) in [5.41, 5.74) is 0.289. The first-order valence-corrected chi connectivity index (χ1v) is 5.75. The molecule has 0 aromatic carbocycles. The number of rotatable bonds is 5. The average Bonchev–Trinajstić information content (AvgIpc) is 3.04. The minimum atomic E-state index is -0.893. The van der Waals surface area contributed by atoms with Gasteiger partial charge < -0.3 is 15.7 Å². The maximum atomic E-state index is 11.5. The van der Waals surface area contributed by atoms with Crippen LogP contribution < -0.4 is 10.6 Å². The van der Waals surface area contributed by atoms with Crippen molar-refractivity contribution in [2.75, 3.05) is 6.54 Å². The third-order valence-electron chi connectivity index (χ3n) is 3.88. The molecule has 2 fully saturated rings. The number of carboxylic acid groups (broad SMARTS) is 1. The maximum Gasteiger partial charge on any atom is 0.315 e. The van der Waals surface area contributed by atoms with Crippen molar-refractivity contribution in [2.24, 2.45) is 5.41 Å². The Morgan fingerprint density at radius 2 is 1.88 bits per heavy atom. The Hall–Kier alpha value is -1.26. The van der Waals surface area contributed by atoms with E-state index in [4.69, 9.17) is 5.11 Å². The molecule has 2 aliphatic carbocycles. The van der Waals surface area contributed by atoms with E-state index in [0.717, 1.165) is 12.8 Å². The van der Waals surface area contributed by atoms with Crippen LogP contribution in [0.25, 0.3) is 0 Å². The van der Waals surface area contributed by atoms with Crippen molar-refractivity contribution in [1.29, 1.82) is 0 Å². The number of carbonyl (C=O) groups is 2. The Bertz CT molecular complexity index is 319. The van der Waals surface area contributed by atoms with Crippen LogP contribution in [-0.2, 0) is 4.79 Å². The van der Waals surface area contributed by atoms with Crippen LogP contribution in [0.5, 0.6) is 0 Å². The average molecular weight is 226 g/mol. The predicted octanol–water partition coefficient (Wildman–Crippen LogP) is 1.09. The van der Waals surface area contributed by atoms with E-state index in [9.17, 15) is 9.59 Å². The molecule has 0 aromatic heterocycles. The van der Waals surface area contributed by atoms with Crippen molar-refractivity contribution < 1.29 is 14.7 Å². The molecule has 0 atom stereocenters. The van der Waals surface area contributed by atoms with Gasteiger partial charge in [0.05, 0.1) is 6.42 Å². The van der Waals surface area contributed by atoms with Gasteiger partial charge >= 0.3 is 12.0 Å². The zero-order valence-corrected chi connectivity index (χ0v) is 9.51. The molecular weight excluding hydrogens is 208 g/mol. The van der Waals surface area contributed by atoms with Gasteiger partial charge in [0.1, 0.15) is 0 Å². The molecule has 3 N–H and O–H groups in total. The van der Waals surface area contributed by atoms with Gasteiger partial charge in [0.2, 0.25) is 0 Å². The molecule has 5 heteroatoms. The molecule has 2 amide bonds. The lowest BCUT2D eigenvalue weighted by Gasteiger charge is -2.24. The smallest absolute Gasteiger partial charge is 0.315 e. The van der Waals surface area contributed by atoms with Crippen molar-refractivity contribution in [1.82, 2.24) is 10.6 Å². The Balaban J connectivity index is 1.73. The maximum absolute atomic E-state index is 11.5. The number of hydrogen-bond donors (Lipinski definition) is 3. The largest absolute Gasteiger partial charge is 0.481 e. The van der Waals surface area contributed by atoms with Gasteiger partial charge in [-0.2, -0.15) is 0 Å². The first kappa shape index (κ1) is 11.2. The Morgan fingerprint density at radius 1 is 1.25 bits per heavy atom. The van der Waals surface area contributed by atoms with Crippen LogP contribution in [0.15, 0.2) is 0 Å². The predicted molar refractivity (Wildman–Crippen MR) is 58.1 cm³/mol. The fourth-order valence-electron chi connectivity index (χ4n) is 2.21. The summed E-state index contributed by atoms with van der Waals surface area (Å²) < 4.78 is 0. The summed E-state index contributed by atoms with van der Waals surface area (Å²) in [5, 5.41) is 14.0. The Labute approximate surface area is 94.6 Å². The molecule has 0 aromatic rings. The monoisotopic (exact) mass is 226 g/mol.